The Kier molecular flexibility index (Phi) is 6.54. The van der Waals surface area contributed by atoms with E-state index in [1.165, 1.54) is 30.2 Å². The topological polar surface area (TPSA) is 101 Å². The average molecular weight is 410 g/mol. The maximum Gasteiger partial charge on any atom is 0.407 e. The molecule has 0 aliphatic carbocycles. The monoisotopic (exact) mass is 409 g/mol. The number of benzene rings is 1. The molecular weight excluding hydrogens is 382 g/mol. The molecule has 7 nitrogen and oxygen atoms in total. The second-order valence-corrected chi connectivity index (χ2v) is 10.1. The van der Waals surface area contributed by atoms with Crippen LogP contribution in [0.2, 0.25) is 0 Å². The van der Waals surface area contributed by atoms with Crippen LogP contribution in [0.1, 0.15) is 39.2 Å². The van der Waals surface area contributed by atoms with E-state index in [2.05, 4.69) is 4.74 Å². The van der Waals surface area contributed by atoms with Crippen molar-refractivity contribution < 1.29 is 27.9 Å². The first-order chi connectivity index (χ1) is 13.0. The number of methoxy groups -OCH3 is 1. The van der Waals surface area contributed by atoms with E-state index in [0.717, 1.165) is 0 Å². The summed E-state index contributed by atoms with van der Waals surface area (Å²) < 4.78 is 31.3. The van der Waals surface area contributed by atoms with Gasteiger partial charge in [0.25, 0.3) is 0 Å². The lowest BCUT2D eigenvalue weighted by Crippen LogP contribution is -2.54. The molecule has 0 aromatic heterocycles. The van der Waals surface area contributed by atoms with Crippen LogP contribution < -0.4 is 0 Å². The zero-order chi connectivity index (χ0) is 21.1. The Morgan fingerprint density at radius 2 is 1.89 bits per heavy atom. The Balaban J connectivity index is 2.39. The summed E-state index contributed by atoms with van der Waals surface area (Å²) >= 11 is 0. The number of amides is 1. The third kappa shape index (κ3) is 4.73. The van der Waals surface area contributed by atoms with Crippen LogP contribution in [-0.4, -0.2) is 55.4 Å². The average Bonchev–Trinajstić information content (AvgIpc) is 2.64. The molecule has 0 bridgehead atoms. The molecule has 2 unspecified atom stereocenters. The van der Waals surface area contributed by atoms with Gasteiger partial charge < -0.3 is 14.7 Å². The largest absolute Gasteiger partial charge is 0.466 e. The van der Waals surface area contributed by atoms with Gasteiger partial charge in [-0.25, -0.2) is 18.0 Å². The van der Waals surface area contributed by atoms with Gasteiger partial charge in [-0.1, -0.05) is 39.0 Å². The molecule has 154 valence electrons. The molecule has 1 aromatic rings. The molecule has 1 aliphatic rings. The molecule has 28 heavy (non-hydrogen) atoms. The molecule has 1 fully saturated rings. The Labute approximate surface area is 165 Å². The van der Waals surface area contributed by atoms with Gasteiger partial charge in [0, 0.05) is 18.7 Å². The standard InChI is InChI=1S/C20H27NO6S/c1-20(2,3)17-13-15(11-12-21(17)19(23)24)28(25,26)16-8-6-5-7-14(16)9-10-18(22)27-4/h5-10,15,17H,11-13H2,1-4H3,(H,23,24). The van der Waals surface area contributed by atoms with E-state index in [0.29, 0.717) is 5.56 Å². The van der Waals surface area contributed by atoms with E-state index in [1.54, 1.807) is 18.2 Å². The van der Waals surface area contributed by atoms with E-state index < -0.39 is 38.6 Å². The number of ether oxygens (including phenoxy) is 1. The lowest BCUT2D eigenvalue weighted by atomic mass is 9.80. The zero-order valence-electron chi connectivity index (χ0n) is 16.6. The molecule has 1 aliphatic heterocycles. The first-order valence-corrected chi connectivity index (χ1v) is 10.6. The molecule has 1 N–H and O–H groups in total. The minimum Gasteiger partial charge on any atom is -0.466 e. The number of hydrogen-bond acceptors (Lipinski definition) is 5. The Morgan fingerprint density at radius 3 is 2.46 bits per heavy atom. The molecule has 1 aromatic carbocycles. The van der Waals surface area contributed by atoms with Gasteiger partial charge in [-0.05, 0) is 36.0 Å². The maximum atomic E-state index is 13.4. The maximum absolute atomic E-state index is 13.4. The number of carboxylic acid groups (broad SMARTS) is 1. The van der Waals surface area contributed by atoms with Crippen LogP contribution in [0, 0.1) is 5.41 Å². The van der Waals surface area contributed by atoms with Gasteiger partial charge in [-0.3, -0.25) is 0 Å². The quantitative estimate of drug-likeness (QED) is 0.605. The number of piperidine rings is 1. The molecule has 1 amide bonds. The second-order valence-electron chi connectivity index (χ2n) is 7.94. The minimum absolute atomic E-state index is 0.136. The Hall–Kier alpha value is -2.35. The highest BCUT2D eigenvalue weighted by Crippen LogP contribution is 2.36. The van der Waals surface area contributed by atoms with Gasteiger partial charge in [0.05, 0.1) is 17.3 Å². The lowest BCUT2D eigenvalue weighted by Gasteiger charge is -2.44. The molecule has 0 saturated carbocycles. The van der Waals surface area contributed by atoms with Crippen molar-refractivity contribution in [3.63, 3.8) is 0 Å². The van der Waals surface area contributed by atoms with Crippen molar-refractivity contribution in [1.29, 1.82) is 0 Å². The number of carbonyl (C=O) groups is 2. The zero-order valence-corrected chi connectivity index (χ0v) is 17.4. The summed E-state index contributed by atoms with van der Waals surface area (Å²) in [5.41, 5.74) is 0.0116. The number of nitrogens with zero attached hydrogens (tertiary/aromatic N) is 1. The summed E-state index contributed by atoms with van der Waals surface area (Å²) in [4.78, 5) is 24.5. The van der Waals surface area contributed by atoms with Crippen molar-refractivity contribution in [3.05, 3.63) is 35.9 Å². The number of sulfone groups is 1. The summed E-state index contributed by atoms with van der Waals surface area (Å²) in [5, 5.41) is 8.80. The Bertz CT molecular complexity index is 869. The molecule has 2 atom stereocenters. The molecule has 1 heterocycles. The highest BCUT2D eigenvalue weighted by Gasteiger charge is 2.43. The van der Waals surface area contributed by atoms with Gasteiger partial charge in [0.15, 0.2) is 9.84 Å². The molecular formula is C20H27NO6S. The fraction of sp³-hybridized carbons (Fsp3) is 0.500. The van der Waals surface area contributed by atoms with E-state index in [1.807, 2.05) is 20.8 Å². The fourth-order valence-electron chi connectivity index (χ4n) is 3.55. The van der Waals surface area contributed by atoms with E-state index in [9.17, 15) is 23.1 Å². The molecule has 8 heteroatoms. The highest BCUT2D eigenvalue weighted by atomic mass is 32.2. The predicted octanol–water partition coefficient (Wildman–Crippen LogP) is 3.20. The van der Waals surface area contributed by atoms with Crippen LogP contribution in [0.25, 0.3) is 6.08 Å². The molecule has 0 spiro atoms. The van der Waals surface area contributed by atoms with E-state index in [4.69, 9.17) is 0 Å². The summed E-state index contributed by atoms with van der Waals surface area (Å²) in [5.74, 6) is -0.574. The van der Waals surface area contributed by atoms with Crippen molar-refractivity contribution in [1.82, 2.24) is 4.90 Å². The van der Waals surface area contributed by atoms with Gasteiger partial charge in [-0.15, -0.1) is 0 Å². The first kappa shape index (κ1) is 21.9. The van der Waals surface area contributed by atoms with Crippen molar-refractivity contribution in [2.45, 2.75) is 49.8 Å². The second kappa shape index (κ2) is 8.34. The first-order valence-electron chi connectivity index (χ1n) is 9.07. The van der Waals surface area contributed by atoms with Gasteiger partial charge >= 0.3 is 12.1 Å². The number of likely N-dealkylation sites (tertiary alicyclic amines) is 1. The van der Waals surface area contributed by atoms with Crippen molar-refractivity contribution >= 4 is 28.0 Å². The summed E-state index contributed by atoms with van der Waals surface area (Å²) in [6.07, 6.45) is 2.03. The van der Waals surface area contributed by atoms with Gasteiger partial charge in [0.2, 0.25) is 0 Å². The smallest absolute Gasteiger partial charge is 0.407 e. The van der Waals surface area contributed by atoms with Gasteiger partial charge in [-0.2, -0.15) is 0 Å². The third-order valence-electron chi connectivity index (χ3n) is 5.06. The van der Waals surface area contributed by atoms with Crippen LogP contribution >= 0.6 is 0 Å². The predicted molar refractivity (Wildman–Crippen MR) is 106 cm³/mol. The summed E-state index contributed by atoms with van der Waals surface area (Å²) in [6.45, 7) is 5.91. The lowest BCUT2D eigenvalue weighted by molar-refractivity contribution is -0.134. The summed E-state index contributed by atoms with van der Waals surface area (Å²) in [7, 11) is -2.46. The van der Waals surface area contributed by atoms with Crippen molar-refractivity contribution in [2.75, 3.05) is 13.7 Å². The molecule has 2 rings (SSSR count). The minimum atomic E-state index is -3.71. The van der Waals surface area contributed by atoms with E-state index >= 15 is 0 Å². The van der Waals surface area contributed by atoms with Crippen molar-refractivity contribution in [3.8, 4) is 0 Å². The summed E-state index contributed by atoms with van der Waals surface area (Å²) in [6, 6.07) is 6.06. The van der Waals surface area contributed by atoms with Crippen LogP contribution in [0.15, 0.2) is 35.2 Å². The Morgan fingerprint density at radius 1 is 1.25 bits per heavy atom. The third-order valence-corrected chi connectivity index (χ3v) is 7.35. The number of rotatable bonds is 4. The van der Waals surface area contributed by atoms with Gasteiger partial charge in [0.1, 0.15) is 0 Å². The molecule has 0 radical (unpaired) electrons. The number of carbonyl (C=O) groups excluding carboxylic acids is 1. The van der Waals surface area contributed by atoms with Crippen LogP contribution in [0.3, 0.4) is 0 Å². The fourth-order valence-corrected chi connectivity index (χ4v) is 5.49. The molecule has 1 saturated heterocycles. The number of hydrogen-bond donors (Lipinski definition) is 1. The SMILES string of the molecule is COC(=O)C=Cc1ccccc1S(=O)(=O)C1CCN(C(=O)O)C(C(C)(C)C)C1. The highest BCUT2D eigenvalue weighted by molar-refractivity contribution is 7.92. The van der Waals surface area contributed by atoms with E-state index in [-0.39, 0.29) is 24.3 Å². The normalized spacial score (nSPS) is 20.9. The van der Waals surface area contributed by atoms with Crippen molar-refractivity contribution in [2.24, 2.45) is 5.41 Å². The van der Waals surface area contributed by atoms with Crippen LogP contribution in [0.5, 0.6) is 0 Å². The number of esters is 1. The van der Waals surface area contributed by atoms with Crippen LogP contribution in [0.4, 0.5) is 4.79 Å². The van der Waals surface area contributed by atoms with Crippen LogP contribution in [-0.2, 0) is 19.4 Å².